The number of carbonyl (C=O) groups is 1. The molecule has 0 aliphatic carbocycles. The van der Waals surface area contributed by atoms with Crippen molar-refractivity contribution in [2.75, 3.05) is 20.8 Å². The smallest absolute Gasteiger partial charge is 0.286 e. The van der Waals surface area contributed by atoms with Crippen LogP contribution in [0.2, 0.25) is 0 Å². The van der Waals surface area contributed by atoms with Crippen LogP contribution >= 0.6 is 11.3 Å². The topological polar surface area (TPSA) is 62.0 Å². The van der Waals surface area contributed by atoms with E-state index in [9.17, 15) is 9.18 Å². The van der Waals surface area contributed by atoms with Crippen LogP contribution in [0.25, 0.3) is 10.2 Å². The number of hydrogen-bond donors (Lipinski definition) is 0. The number of thiazole rings is 1. The fourth-order valence-corrected chi connectivity index (χ4v) is 3.42. The first-order valence-electron chi connectivity index (χ1n) is 7.69. The summed E-state index contributed by atoms with van der Waals surface area (Å²) in [4.78, 5) is 16.7. The molecule has 0 bridgehead atoms. The van der Waals surface area contributed by atoms with E-state index in [2.05, 4.69) is 4.99 Å². The van der Waals surface area contributed by atoms with E-state index in [4.69, 9.17) is 14.2 Å². The van der Waals surface area contributed by atoms with Gasteiger partial charge in [0, 0.05) is 19.2 Å². The molecule has 1 heterocycles. The van der Waals surface area contributed by atoms with Gasteiger partial charge in [0.2, 0.25) is 0 Å². The quantitative estimate of drug-likeness (QED) is 0.687. The molecule has 0 unspecified atom stereocenters. The maximum absolute atomic E-state index is 12.9. The molecule has 1 amide bonds. The summed E-state index contributed by atoms with van der Waals surface area (Å²) in [6, 6.07) is 9.13. The molecule has 6 nitrogen and oxygen atoms in total. The molecule has 1 aromatic heterocycles. The monoisotopic (exact) mass is 376 g/mol. The summed E-state index contributed by atoms with van der Waals surface area (Å²) in [5.74, 6) is 0.822. The summed E-state index contributed by atoms with van der Waals surface area (Å²) in [5.41, 5.74) is 0.874. The molecule has 0 atom stereocenters. The van der Waals surface area contributed by atoms with Crippen molar-refractivity contribution in [2.24, 2.45) is 12.0 Å². The molecule has 8 heteroatoms. The van der Waals surface area contributed by atoms with Gasteiger partial charge in [-0.25, -0.2) is 4.39 Å². The first-order chi connectivity index (χ1) is 12.5. The van der Waals surface area contributed by atoms with E-state index in [1.165, 1.54) is 35.6 Å². The molecule has 0 spiro atoms. The van der Waals surface area contributed by atoms with Crippen molar-refractivity contribution in [3.8, 4) is 17.2 Å². The minimum Gasteiger partial charge on any atom is -0.493 e. The van der Waals surface area contributed by atoms with Crippen LogP contribution in [-0.2, 0) is 11.8 Å². The number of ether oxygens (including phenoxy) is 3. The van der Waals surface area contributed by atoms with Gasteiger partial charge < -0.3 is 18.8 Å². The van der Waals surface area contributed by atoms with Crippen LogP contribution in [0.4, 0.5) is 4.39 Å². The summed E-state index contributed by atoms with van der Waals surface area (Å²) < 4.78 is 31.5. The number of rotatable bonds is 5. The Morgan fingerprint density at radius 1 is 1.15 bits per heavy atom. The molecule has 2 aromatic carbocycles. The second-order valence-electron chi connectivity index (χ2n) is 5.37. The molecule has 0 aliphatic heterocycles. The molecule has 0 radical (unpaired) electrons. The Morgan fingerprint density at radius 3 is 2.46 bits per heavy atom. The molecule has 0 saturated carbocycles. The third-order valence-electron chi connectivity index (χ3n) is 3.71. The van der Waals surface area contributed by atoms with Gasteiger partial charge in [0.15, 0.2) is 22.9 Å². The fraction of sp³-hybridized carbons (Fsp3) is 0.222. The number of methoxy groups -OCH3 is 2. The molecular weight excluding hydrogens is 359 g/mol. The van der Waals surface area contributed by atoms with E-state index >= 15 is 0 Å². The number of nitrogens with zero attached hydrogens (tertiary/aromatic N) is 2. The average molecular weight is 376 g/mol. The molecule has 3 aromatic rings. The molecule has 0 fully saturated rings. The number of hydrogen-bond acceptors (Lipinski definition) is 5. The lowest BCUT2D eigenvalue weighted by atomic mass is 10.3. The van der Waals surface area contributed by atoms with E-state index in [1.807, 2.05) is 19.2 Å². The van der Waals surface area contributed by atoms with Crippen LogP contribution in [-0.4, -0.2) is 31.3 Å². The van der Waals surface area contributed by atoms with Gasteiger partial charge in [-0.3, -0.25) is 4.79 Å². The predicted molar refractivity (Wildman–Crippen MR) is 96.4 cm³/mol. The summed E-state index contributed by atoms with van der Waals surface area (Å²) in [6.07, 6.45) is 0. The number of amides is 1. The number of benzene rings is 2. The first kappa shape index (κ1) is 17.9. The molecule has 3 rings (SSSR count). The minimum atomic E-state index is -0.435. The first-order valence-corrected chi connectivity index (χ1v) is 8.51. The molecule has 136 valence electrons. The van der Waals surface area contributed by atoms with Gasteiger partial charge >= 0.3 is 0 Å². The van der Waals surface area contributed by atoms with Crippen LogP contribution in [0, 0.1) is 5.82 Å². The van der Waals surface area contributed by atoms with Crippen molar-refractivity contribution in [3.05, 3.63) is 47.0 Å². The van der Waals surface area contributed by atoms with Crippen molar-refractivity contribution in [2.45, 2.75) is 0 Å². The van der Waals surface area contributed by atoms with E-state index in [1.54, 1.807) is 18.8 Å². The predicted octanol–water partition coefficient (Wildman–Crippen LogP) is 2.90. The molecule has 0 aliphatic rings. The van der Waals surface area contributed by atoms with Crippen LogP contribution in [0.15, 0.2) is 41.4 Å². The number of carbonyl (C=O) groups excluding carboxylic acids is 1. The zero-order chi connectivity index (χ0) is 18.7. The van der Waals surface area contributed by atoms with Gasteiger partial charge in [0.05, 0.1) is 24.4 Å². The normalized spacial score (nSPS) is 11.6. The molecule has 0 N–H and O–H groups in total. The lowest BCUT2D eigenvalue weighted by molar-refractivity contribution is -0.120. The molecule has 26 heavy (non-hydrogen) atoms. The standard InChI is InChI=1S/C18H17FN2O4S/c1-21-13-8-14(23-2)15(24-3)9-16(13)26-18(21)20-17(22)10-25-12-6-4-11(19)5-7-12/h4-9H,10H2,1-3H3. The van der Waals surface area contributed by atoms with Gasteiger partial charge in [0.1, 0.15) is 11.6 Å². The van der Waals surface area contributed by atoms with Crippen molar-refractivity contribution >= 4 is 27.5 Å². The zero-order valence-electron chi connectivity index (χ0n) is 14.5. The van der Waals surface area contributed by atoms with Gasteiger partial charge in [-0.15, -0.1) is 0 Å². The Morgan fingerprint density at radius 2 is 1.81 bits per heavy atom. The van der Waals surface area contributed by atoms with Crippen molar-refractivity contribution in [3.63, 3.8) is 0 Å². The number of halogens is 1. The zero-order valence-corrected chi connectivity index (χ0v) is 15.3. The minimum absolute atomic E-state index is 0.230. The van der Waals surface area contributed by atoms with Gasteiger partial charge in [0.25, 0.3) is 5.91 Å². The Bertz CT molecular complexity index is 1010. The molecule has 0 saturated heterocycles. The summed E-state index contributed by atoms with van der Waals surface area (Å²) in [5, 5.41) is 0. The average Bonchev–Trinajstić information content (AvgIpc) is 2.95. The number of fused-ring (bicyclic) bond motifs is 1. The van der Waals surface area contributed by atoms with Crippen LogP contribution in [0.3, 0.4) is 0 Å². The maximum Gasteiger partial charge on any atom is 0.286 e. The Balaban J connectivity index is 1.85. The van der Waals surface area contributed by atoms with Gasteiger partial charge in [-0.1, -0.05) is 11.3 Å². The highest BCUT2D eigenvalue weighted by molar-refractivity contribution is 7.16. The lowest BCUT2D eigenvalue weighted by Gasteiger charge is -2.07. The van der Waals surface area contributed by atoms with Crippen molar-refractivity contribution in [1.82, 2.24) is 4.57 Å². The highest BCUT2D eigenvalue weighted by Gasteiger charge is 2.11. The highest BCUT2D eigenvalue weighted by Crippen LogP contribution is 2.32. The van der Waals surface area contributed by atoms with Gasteiger partial charge in [-0.2, -0.15) is 4.99 Å². The van der Waals surface area contributed by atoms with E-state index in [0.717, 1.165) is 10.2 Å². The highest BCUT2D eigenvalue weighted by atomic mass is 32.1. The Hall–Kier alpha value is -2.87. The number of aryl methyl sites for hydroxylation is 1. The Kier molecular flexibility index (Phi) is 5.22. The van der Waals surface area contributed by atoms with Crippen molar-refractivity contribution in [1.29, 1.82) is 0 Å². The van der Waals surface area contributed by atoms with Crippen LogP contribution in [0.5, 0.6) is 17.2 Å². The maximum atomic E-state index is 12.9. The van der Waals surface area contributed by atoms with Crippen LogP contribution < -0.4 is 19.0 Å². The fourth-order valence-electron chi connectivity index (χ4n) is 2.38. The summed E-state index contributed by atoms with van der Waals surface area (Å²) in [7, 11) is 4.95. The van der Waals surface area contributed by atoms with Gasteiger partial charge in [-0.05, 0) is 24.3 Å². The summed E-state index contributed by atoms with van der Waals surface area (Å²) in [6.45, 7) is -0.230. The second kappa shape index (κ2) is 7.57. The van der Waals surface area contributed by atoms with E-state index in [-0.39, 0.29) is 12.4 Å². The van der Waals surface area contributed by atoms with Crippen LogP contribution in [0.1, 0.15) is 0 Å². The largest absolute Gasteiger partial charge is 0.493 e. The van der Waals surface area contributed by atoms with E-state index in [0.29, 0.717) is 22.0 Å². The Labute approximate surface area is 153 Å². The second-order valence-corrected chi connectivity index (χ2v) is 6.38. The third kappa shape index (κ3) is 3.70. The summed E-state index contributed by atoms with van der Waals surface area (Å²) >= 11 is 1.36. The van der Waals surface area contributed by atoms with E-state index < -0.39 is 5.91 Å². The molecular formula is C18H17FN2O4S. The SMILES string of the molecule is COc1cc2sc(=NC(=O)COc3ccc(F)cc3)n(C)c2cc1OC. The third-order valence-corrected chi connectivity index (χ3v) is 4.81. The number of aromatic nitrogens is 1. The van der Waals surface area contributed by atoms with Crippen molar-refractivity contribution < 1.29 is 23.4 Å². The lowest BCUT2D eigenvalue weighted by Crippen LogP contribution is -2.17.